The Labute approximate surface area is 215 Å². The Hall–Kier alpha value is -4.27. The van der Waals surface area contributed by atoms with E-state index in [-0.39, 0.29) is 17.7 Å². The molecule has 0 bridgehead atoms. The number of hydrogen-bond donors (Lipinski definition) is 1. The Kier molecular flexibility index (Phi) is 8.12. The smallest absolute Gasteiger partial charge is 0.337 e. The van der Waals surface area contributed by atoms with Crippen LogP contribution < -0.4 is 19.7 Å². The number of hydrogen-bond acceptors (Lipinski definition) is 7. The highest BCUT2D eigenvalue weighted by atomic mass is 16.5. The van der Waals surface area contributed by atoms with Crippen molar-refractivity contribution >= 4 is 23.5 Å². The van der Waals surface area contributed by atoms with E-state index in [0.717, 1.165) is 25.7 Å². The molecule has 0 unspecified atom stereocenters. The second kappa shape index (κ2) is 11.6. The third-order valence-corrected chi connectivity index (χ3v) is 6.45. The molecule has 1 N–H and O–H groups in total. The number of rotatable bonds is 9. The van der Waals surface area contributed by atoms with E-state index in [1.807, 2.05) is 0 Å². The summed E-state index contributed by atoms with van der Waals surface area (Å²) < 4.78 is 21.4. The summed E-state index contributed by atoms with van der Waals surface area (Å²) in [6.45, 7) is 0. The van der Waals surface area contributed by atoms with Gasteiger partial charge >= 0.3 is 5.97 Å². The molecule has 37 heavy (non-hydrogen) atoms. The minimum atomic E-state index is -1.13. The first-order valence-corrected chi connectivity index (χ1v) is 12.0. The van der Waals surface area contributed by atoms with E-state index >= 15 is 0 Å². The van der Waals surface area contributed by atoms with Crippen molar-refractivity contribution in [1.29, 1.82) is 0 Å². The Balaban J connectivity index is 1.88. The van der Waals surface area contributed by atoms with Crippen molar-refractivity contribution in [1.82, 2.24) is 5.32 Å². The summed E-state index contributed by atoms with van der Waals surface area (Å²) in [5.41, 5.74) is 1.13. The molecule has 1 aliphatic carbocycles. The van der Waals surface area contributed by atoms with Crippen molar-refractivity contribution in [3.63, 3.8) is 0 Å². The molecule has 0 radical (unpaired) electrons. The van der Waals surface area contributed by atoms with Crippen LogP contribution >= 0.6 is 0 Å². The molecule has 1 saturated carbocycles. The van der Waals surface area contributed by atoms with Crippen molar-refractivity contribution < 1.29 is 33.0 Å². The van der Waals surface area contributed by atoms with Gasteiger partial charge in [0.2, 0.25) is 5.91 Å². The summed E-state index contributed by atoms with van der Waals surface area (Å²) in [5.74, 6) is -0.606. The van der Waals surface area contributed by atoms with Crippen LogP contribution in [0.2, 0.25) is 0 Å². The maximum atomic E-state index is 14.0. The molecule has 1 heterocycles. The van der Waals surface area contributed by atoms with Gasteiger partial charge in [0.15, 0.2) is 17.3 Å². The predicted octanol–water partition coefficient (Wildman–Crippen LogP) is 4.53. The maximum Gasteiger partial charge on any atom is 0.337 e. The number of benzene rings is 2. The van der Waals surface area contributed by atoms with Crippen LogP contribution in [0.25, 0.3) is 0 Å². The van der Waals surface area contributed by atoms with Gasteiger partial charge in [0.25, 0.3) is 5.91 Å². The molecular weight excluding hydrogens is 476 g/mol. The van der Waals surface area contributed by atoms with E-state index in [2.05, 4.69) is 5.32 Å². The fraction of sp³-hybridized carbons (Fsp3) is 0.321. The summed E-state index contributed by atoms with van der Waals surface area (Å²) in [6.07, 6.45) is 5.19. The van der Waals surface area contributed by atoms with Crippen LogP contribution in [0.4, 0.5) is 5.69 Å². The van der Waals surface area contributed by atoms with Crippen molar-refractivity contribution in [2.75, 3.05) is 26.2 Å². The van der Waals surface area contributed by atoms with Gasteiger partial charge in [-0.25, -0.2) is 4.79 Å². The van der Waals surface area contributed by atoms with Crippen LogP contribution in [0.15, 0.2) is 65.3 Å². The Morgan fingerprint density at radius 2 is 1.68 bits per heavy atom. The Morgan fingerprint density at radius 3 is 2.27 bits per heavy atom. The number of esters is 1. The van der Waals surface area contributed by atoms with E-state index in [0.29, 0.717) is 28.3 Å². The van der Waals surface area contributed by atoms with E-state index in [9.17, 15) is 14.4 Å². The quantitative estimate of drug-likeness (QED) is 0.425. The zero-order valence-corrected chi connectivity index (χ0v) is 21.1. The SMILES string of the molecule is COC(=O)c1ccc(N(C(=O)c2ccco2)[C@@H](C(=O)NC2CCCC2)c2cccc(OC)c2OC)cc1. The molecule has 1 atom stereocenters. The van der Waals surface area contributed by atoms with Crippen molar-refractivity contribution in [3.05, 3.63) is 77.7 Å². The molecular formula is C28H30N2O7. The molecule has 0 saturated heterocycles. The molecule has 1 fully saturated rings. The lowest BCUT2D eigenvalue weighted by Gasteiger charge is -2.32. The zero-order chi connectivity index (χ0) is 26.4. The normalized spacial score (nSPS) is 14.0. The topological polar surface area (TPSA) is 107 Å². The second-order valence-corrected chi connectivity index (χ2v) is 8.67. The minimum absolute atomic E-state index is 0.00821. The number of nitrogens with zero attached hydrogens (tertiary/aromatic N) is 1. The lowest BCUT2D eigenvalue weighted by Crippen LogP contribution is -2.46. The molecule has 4 rings (SSSR count). The lowest BCUT2D eigenvalue weighted by molar-refractivity contribution is -0.123. The molecule has 1 aromatic heterocycles. The molecule has 0 aliphatic heterocycles. The molecule has 3 aromatic rings. The third kappa shape index (κ3) is 5.45. The number of para-hydroxylation sites is 1. The monoisotopic (exact) mass is 506 g/mol. The number of carbonyl (C=O) groups excluding carboxylic acids is 3. The molecule has 194 valence electrons. The molecule has 9 nitrogen and oxygen atoms in total. The minimum Gasteiger partial charge on any atom is -0.493 e. The van der Waals surface area contributed by atoms with E-state index in [1.165, 1.54) is 38.6 Å². The second-order valence-electron chi connectivity index (χ2n) is 8.67. The van der Waals surface area contributed by atoms with Crippen molar-refractivity contribution in [2.45, 2.75) is 37.8 Å². The van der Waals surface area contributed by atoms with Gasteiger partial charge in [0.05, 0.1) is 33.2 Å². The molecule has 1 aliphatic rings. The van der Waals surface area contributed by atoms with Crippen LogP contribution in [-0.2, 0) is 9.53 Å². The summed E-state index contributed by atoms with van der Waals surface area (Å²) in [7, 11) is 4.28. The standard InChI is InChI=1S/C28H30N2O7/c1-34-22-11-6-10-21(25(22)35-2)24(26(31)29-19-8-4-5-9-19)30(27(32)23-12-7-17-37-23)20-15-13-18(14-16-20)28(33)36-3/h6-7,10-17,19,24H,4-5,8-9H2,1-3H3,(H,29,31)/t24-/m1/s1. The first-order valence-electron chi connectivity index (χ1n) is 12.0. The van der Waals surface area contributed by atoms with Gasteiger partial charge in [-0.2, -0.15) is 0 Å². The van der Waals surface area contributed by atoms with Gasteiger partial charge in [-0.3, -0.25) is 14.5 Å². The number of ether oxygens (including phenoxy) is 3. The van der Waals surface area contributed by atoms with E-state index in [4.69, 9.17) is 18.6 Å². The summed E-state index contributed by atoms with van der Waals surface area (Å²) >= 11 is 0. The summed E-state index contributed by atoms with van der Waals surface area (Å²) in [5, 5.41) is 3.12. The Morgan fingerprint density at radius 1 is 0.946 bits per heavy atom. The number of nitrogens with one attached hydrogen (secondary N) is 1. The molecule has 9 heteroatoms. The Bertz CT molecular complexity index is 1230. The van der Waals surface area contributed by atoms with Gasteiger partial charge in [0.1, 0.15) is 6.04 Å². The van der Waals surface area contributed by atoms with E-state index < -0.39 is 17.9 Å². The molecule has 0 spiro atoms. The average Bonchev–Trinajstić information content (AvgIpc) is 3.65. The number of anilines is 1. The largest absolute Gasteiger partial charge is 0.493 e. The van der Waals surface area contributed by atoms with Crippen LogP contribution in [0.5, 0.6) is 11.5 Å². The zero-order valence-electron chi connectivity index (χ0n) is 21.1. The number of furan rings is 1. The number of carbonyl (C=O) groups is 3. The van der Waals surface area contributed by atoms with Gasteiger partial charge < -0.3 is 23.9 Å². The van der Waals surface area contributed by atoms with Gasteiger partial charge in [-0.05, 0) is 55.3 Å². The summed E-state index contributed by atoms with van der Waals surface area (Å²) in [4.78, 5) is 41.2. The molecule has 2 aromatic carbocycles. The lowest BCUT2D eigenvalue weighted by atomic mass is 10.00. The summed E-state index contributed by atoms with van der Waals surface area (Å²) in [6, 6.07) is 13.5. The van der Waals surface area contributed by atoms with Crippen LogP contribution in [0.3, 0.4) is 0 Å². The van der Waals surface area contributed by atoms with E-state index in [1.54, 1.807) is 48.5 Å². The third-order valence-electron chi connectivity index (χ3n) is 6.45. The van der Waals surface area contributed by atoms with Gasteiger partial charge in [0, 0.05) is 17.3 Å². The fourth-order valence-corrected chi connectivity index (χ4v) is 4.65. The van der Waals surface area contributed by atoms with Gasteiger partial charge in [-0.15, -0.1) is 0 Å². The van der Waals surface area contributed by atoms with Crippen molar-refractivity contribution in [3.8, 4) is 11.5 Å². The van der Waals surface area contributed by atoms with Gasteiger partial charge in [-0.1, -0.05) is 25.0 Å². The molecule has 2 amide bonds. The first-order chi connectivity index (χ1) is 18.0. The highest BCUT2D eigenvalue weighted by Gasteiger charge is 2.38. The first kappa shape index (κ1) is 25.8. The van der Waals surface area contributed by atoms with Crippen LogP contribution in [0, 0.1) is 0 Å². The number of methoxy groups -OCH3 is 3. The average molecular weight is 507 g/mol. The maximum absolute atomic E-state index is 14.0. The highest BCUT2D eigenvalue weighted by molar-refractivity contribution is 6.09. The predicted molar refractivity (Wildman–Crippen MR) is 136 cm³/mol. The van der Waals surface area contributed by atoms with Crippen LogP contribution in [0.1, 0.15) is 58.2 Å². The fourth-order valence-electron chi connectivity index (χ4n) is 4.65. The van der Waals surface area contributed by atoms with Crippen LogP contribution in [-0.4, -0.2) is 45.2 Å². The highest BCUT2D eigenvalue weighted by Crippen LogP contribution is 2.40. The van der Waals surface area contributed by atoms with Crippen molar-refractivity contribution in [2.24, 2.45) is 0 Å². The number of amides is 2.